The van der Waals surface area contributed by atoms with Crippen molar-refractivity contribution < 1.29 is 0 Å². The molecule has 1 aliphatic rings. The second kappa shape index (κ2) is 13.2. The lowest BCUT2D eigenvalue weighted by molar-refractivity contribution is 0.252. The molecule has 4 heteroatoms. The maximum atomic E-state index is 3.70. The van der Waals surface area contributed by atoms with E-state index in [0.29, 0.717) is 0 Å². The van der Waals surface area contributed by atoms with Gasteiger partial charge in [0.05, 0.1) is 0 Å². The fourth-order valence-corrected chi connectivity index (χ4v) is 4.21. The van der Waals surface area contributed by atoms with Crippen molar-refractivity contribution >= 4 is 24.8 Å². The minimum absolute atomic E-state index is 0. The second-order valence-corrected chi connectivity index (χ2v) is 8.01. The van der Waals surface area contributed by atoms with Crippen LogP contribution in [-0.4, -0.2) is 13.1 Å². The fourth-order valence-electron chi connectivity index (χ4n) is 4.21. The summed E-state index contributed by atoms with van der Waals surface area (Å²) in [5.74, 6) is 1.66. The van der Waals surface area contributed by atoms with Gasteiger partial charge < -0.3 is 10.6 Å². The molecule has 1 aliphatic carbocycles. The summed E-state index contributed by atoms with van der Waals surface area (Å²) in [5, 5.41) is 7.40. The number of hydrogen-bond donors (Lipinski definition) is 2. The zero-order valence-corrected chi connectivity index (χ0v) is 18.9. The lowest BCUT2D eigenvalue weighted by atomic mass is 9.81. The summed E-state index contributed by atoms with van der Waals surface area (Å²) in [6.45, 7) is 8.71. The molecule has 2 aromatic carbocycles. The summed E-state index contributed by atoms with van der Waals surface area (Å²) < 4.78 is 0. The molecule has 2 aromatic rings. The standard InChI is InChI=1S/C24H34N2.2ClH/c1-19-8-3-5-12-23(19)17-25-15-21-10-7-11-22(14-21)16-26-18-24-13-6-4-9-20(24)2;;/h3-6,8-9,12-13,21-22,25-26H,7,10-11,14-18H2,1-2H3;2*1H. The summed E-state index contributed by atoms with van der Waals surface area (Å²) in [7, 11) is 0. The van der Waals surface area contributed by atoms with Gasteiger partial charge in [-0.15, -0.1) is 24.8 Å². The first-order chi connectivity index (χ1) is 12.7. The van der Waals surface area contributed by atoms with Crippen LogP contribution in [0.2, 0.25) is 0 Å². The molecule has 0 aliphatic heterocycles. The van der Waals surface area contributed by atoms with Gasteiger partial charge in [-0.3, -0.25) is 0 Å². The first-order valence-corrected chi connectivity index (χ1v) is 10.2. The number of rotatable bonds is 8. The molecule has 2 nitrogen and oxygen atoms in total. The Labute approximate surface area is 183 Å². The molecule has 1 saturated carbocycles. The van der Waals surface area contributed by atoms with Crippen molar-refractivity contribution in [3.63, 3.8) is 0 Å². The van der Waals surface area contributed by atoms with Crippen LogP contribution in [0.4, 0.5) is 0 Å². The van der Waals surface area contributed by atoms with Crippen LogP contribution >= 0.6 is 24.8 Å². The fraction of sp³-hybridized carbons (Fsp3) is 0.500. The van der Waals surface area contributed by atoms with E-state index in [1.807, 2.05) is 0 Å². The van der Waals surface area contributed by atoms with Crippen LogP contribution in [0.3, 0.4) is 0 Å². The molecule has 156 valence electrons. The maximum Gasteiger partial charge on any atom is 0.0208 e. The van der Waals surface area contributed by atoms with Crippen molar-refractivity contribution in [2.45, 2.75) is 52.6 Å². The van der Waals surface area contributed by atoms with Crippen LogP contribution in [0.1, 0.15) is 47.9 Å². The van der Waals surface area contributed by atoms with E-state index in [-0.39, 0.29) is 24.8 Å². The Balaban J connectivity index is 0.00000196. The van der Waals surface area contributed by atoms with Crippen LogP contribution in [0, 0.1) is 25.7 Å². The van der Waals surface area contributed by atoms with Crippen LogP contribution in [0.5, 0.6) is 0 Å². The van der Waals surface area contributed by atoms with Crippen molar-refractivity contribution in [3.05, 3.63) is 70.8 Å². The molecular weight excluding hydrogens is 387 g/mol. The van der Waals surface area contributed by atoms with Crippen LogP contribution in [0.15, 0.2) is 48.5 Å². The molecular formula is C24H36Cl2N2. The topological polar surface area (TPSA) is 24.1 Å². The molecule has 0 spiro atoms. The summed E-state index contributed by atoms with van der Waals surface area (Å²) in [6.07, 6.45) is 5.51. The molecule has 2 unspecified atom stereocenters. The van der Waals surface area contributed by atoms with Crippen molar-refractivity contribution in [2.24, 2.45) is 11.8 Å². The number of benzene rings is 2. The lowest BCUT2D eigenvalue weighted by Crippen LogP contribution is -2.31. The van der Waals surface area contributed by atoms with E-state index in [0.717, 1.165) is 38.0 Å². The zero-order chi connectivity index (χ0) is 18.2. The van der Waals surface area contributed by atoms with E-state index in [9.17, 15) is 0 Å². The van der Waals surface area contributed by atoms with Crippen molar-refractivity contribution in [2.75, 3.05) is 13.1 Å². The highest BCUT2D eigenvalue weighted by atomic mass is 35.5. The predicted octanol–water partition coefficient (Wildman–Crippen LogP) is 5.83. The Morgan fingerprint density at radius 2 is 1.14 bits per heavy atom. The highest BCUT2D eigenvalue weighted by Gasteiger charge is 2.21. The number of nitrogens with one attached hydrogen (secondary N) is 2. The minimum atomic E-state index is 0. The second-order valence-electron chi connectivity index (χ2n) is 8.01. The van der Waals surface area contributed by atoms with Crippen molar-refractivity contribution in [1.29, 1.82) is 0 Å². The van der Waals surface area contributed by atoms with Gasteiger partial charge in [0.1, 0.15) is 0 Å². The minimum Gasteiger partial charge on any atom is -0.312 e. The first kappa shape index (κ1) is 25.0. The number of aryl methyl sites for hydroxylation is 2. The molecule has 0 saturated heterocycles. The molecule has 1 fully saturated rings. The molecule has 3 rings (SSSR count). The summed E-state index contributed by atoms with van der Waals surface area (Å²) in [5.41, 5.74) is 5.64. The molecule has 0 aromatic heterocycles. The van der Waals surface area contributed by atoms with Gasteiger partial charge in [-0.2, -0.15) is 0 Å². The smallest absolute Gasteiger partial charge is 0.0208 e. The third-order valence-corrected chi connectivity index (χ3v) is 5.91. The third kappa shape index (κ3) is 7.75. The molecule has 0 radical (unpaired) electrons. The molecule has 28 heavy (non-hydrogen) atoms. The first-order valence-electron chi connectivity index (χ1n) is 10.2. The Hall–Kier alpha value is -1.06. The zero-order valence-electron chi connectivity index (χ0n) is 17.2. The van der Waals surface area contributed by atoms with E-state index >= 15 is 0 Å². The normalized spacial score (nSPS) is 18.8. The maximum absolute atomic E-state index is 3.70. The summed E-state index contributed by atoms with van der Waals surface area (Å²) in [4.78, 5) is 0. The van der Waals surface area contributed by atoms with Crippen molar-refractivity contribution in [3.8, 4) is 0 Å². The van der Waals surface area contributed by atoms with Gasteiger partial charge in [-0.25, -0.2) is 0 Å². The van der Waals surface area contributed by atoms with Crippen LogP contribution < -0.4 is 10.6 Å². The quantitative estimate of drug-likeness (QED) is 0.558. The van der Waals surface area contributed by atoms with E-state index in [4.69, 9.17) is 0 Å². The van der Waals surface area contributed by atoms with Gasteiger partial charge in [0.2, 0.25) is 0 Å². The highest BCUT2D eigenvalue weighted by Crippen LogP contribution is 2.28. The molecule has 0 bridgehead atoms. The predicted molar refractivity (Wildman–Crippen MR) is 126 cm³/mol. The van der Waals surface area contributed by atoms with Crippen LogP contribution in [-0.2, 0) is 13.1 Å². The van der Waals surface area contributed by atoms with Crippen LogP contribution in [0.25, 0.3) is 0 Å². The average Bonchev–Trinajstić information content (AvgIpc) is 2.65. The molecule has 2 atom stereocenters. The van der Waals surface area contributed by atoms with Gasteiger partial charge in [0.25, 0.3) is 0 Å². The average molecular weight is 423 g/mol. The molecule has 2 N–H and O–H groups in total. The summed E-state index contributed by atoms with van der Waals surface area (Å²) >= 11 is 0. The third-order valence-electron chi connectivity index (χ3n) is 5.91. The van der Waals surface area contributed by atoms with E-state index in [1.165, 1.54) is 47.9 Å². The van der Waals surface area contributed by atoms with Crippen molar-refractivity contribution in [1.82, 2.24) is 10.6 Å². The monoisotopic (exact) mass is 422 g/mol. The lowest BCUT2D eigenvalue weighted by Gasteiger charge is -2.29. The van der Waals surface area contributed by atoms with Gasteiger partial charge >= 0.3 is 0 Å². The Morgan fingerprint density at radius 3 is 1.57 bits per heavy atom. The number of hydrogen-bond acceptors (Lipinski definition) is 2. The molecule has 0 amide bonds. The van der Waals surface area contributed by atoms with E-state index in [1.54, 1.807) is 0 Å². The van der Waals surface area contributed by atoms with E-state index < -0.39 is 0 Å². The Morgan fingerprint density at radius 1 is 0.714 bits per heavy atom. The van der Waals surface area contributed by atoms with Gasteiger partial charge in [0.15, 0.2) is 0 Å². The van der Waals surface area contributed by atoms with Gasteiger partial charge in [0, 0.05) is 13.1 Å². The Bertz CT molecular complexity index is 632. The number of halogens is 2. The molecule has 0 heterocycles. The Kier molecular flexibility index (Phi) is 11.8. The summed E-state index contributed by atoms with van der Waals surface area (Å²) in [6, 6.07) is 17.4. The highest BCUT2D eigenvalue weighted by molar-refractivity contribution is 5.85. The largest absolute Gasteiger partial charge is 0.312 e. The van der Waals surface area contributed by atoms with Gasteiger partial charge in [-0.1, -0.05) is 55.0 Å². The van der Waals surface area contributed by atoms with E-state index in [2.05, 4.69) is 73.0 Å². The SMILES string of the molecule is Cc1ccccc1CNCC1CCCC(CNCc2ccccc2C)C1.Cl.Cl. The van der Waals surface area contributed by atoms with Gasteiger partial charge in [-0.05, 0) is 80.3 Å².